The minimum absolute atomic E-state index is 0.101. The van der Waals surface area contributed by atoms with Crippen molar-refractivity contribution >= 4 is 11.6 Å². The highest BCUT2D eigenvalue weighted by atomic mass is 16.1. The molecular formula is C11H17N5O. The van der Waals surface area contributed by atoms with E-state index in [-0.39, 0.29) is 16.8 Å². The second-order valence-electron chi connectivity index (χ2n) is 4.66. The molecule has 0 aliphatic carbocycles. The molecule has 17 heavy (non-hydrogen) atoms. The second kappa shape index (κ2) is 4.87. The Morgan fingerprint density at radius 1 is 1.65 bits per heavy atom. The smallest absolute Gasteiger partial charge is 0.271 e. The zero-order valence-electron chi connectivity index (χ0n) is 10.1. The lowest BCUT2D eigenvalue weighted by Gasteiger charge is -2.14. The molecule has 92 valence electrons. The summed E-state index contributed by atoms with van der Waals surface area (Å²) in [6.07, 6.45) is 3.13. The predicted molar refractivity (Wildman–Crippen MR) is 63.8 cm³/mol. The van der Waals surface area contributed by atoms with Crippen LogP contribution in [0.4, 0.5) is 5.69 Å². The number of amides is 1. The molecule has 0 aromatic carbocycles. The molecule has 4 N–H and O–H groups in total. The van der Waals surface area contributed by atoms with Crippen molar-refractivity contribution in [1.82, 2.24) is 9.78 Å². The molecule has 6 nitrogen and oxygen atoms in total. The number of hydrogen-bond acceptors (Lipinski definition) is 4. The number of carbonyl (C=O) groups excluding carboxylic acids is 1. The molecule has 0 atom stereocenters. The van der Waals surface area contributed by atoms with Crippen LogP contribution in [0, 0.1) is 16.7 Å². The second-order valence-corrected chi connectivity index (χ2v) is 4.66. The quantitative estimate of drug-likeness (QED) is 0.789. The highest BCUT2D eigenvalue weighted by molar-refractivity contribution is 5.95. The minimum atomic E-state index is -0.626. The van der Waals surface area contributed by atoms with Crippen molar-refractivity contribution in [3.8, 4) is 6.07 Å². The number of nitriles is 1. The first-order chi connectivity index (χ1) is 7.85. The van der Waals surface area contributed by atoms with Crippen LogP contribution in [0.5, 0.6) is 0 Å². The molecule has 0 unspecified atom stereocenters. The largest absolute Gasteiger partial charge is 0.396 e. The van der Waals surface area contributed by atoms with E-state index in [1.165, 1.54) is 0 Å². The standard InChI is InChI=1S/C11H17N5O/c1-11(2,7-12)4-3-5-16-6-8(13)9(15-16)10(14)17/h6H,3-5,13H2,1-2H3,(H2,14,17). The summed E-state index contributed by atoms with van der Waals surface area (Å²) in [7, 11) is 0. The van der Waals surface area contributed by atoms with Gasteiger partial charge in [0.1, 0.15) is 0 Å². The Balaban J connectivity index is 2.57. The lowest BCUT2D eigenvalue weighted by Crippen LogP contribution is -2.14. The van der Waals surface area contributed by atoms with E-state index in [1.54, 1.807) is 10.9 Å². The maximum Gasteiger partial charge on any atom is 0.271 e. The predicted octanol–water partition coefficient (Wildman–Crippen LogP) is 0.894. The molecule has 1 aromatic heterocycles. The van der Waals surface area contributed by atoms with E-state index in [1.807, 2.05) is 13.8 Å². The number of nitrogens with zero attached hydrogens (tertiary/aromatic N) is 3. The first kappa shape index (κ1) is 13.0. The van der Waals surface area contributed by atoms with E-state index in [0.717, 1.165) is 12.8 Å². The summed E-state index contributed by atoms with van der Waals surface area (Å²) in [6, 6.07) is 2.23. The van der Waals surface area contributed by atoms with Crippen LogP contribution < -0.4 is 11.5 Å². The maximum atomic E-state index is 10.9. The number of nitrogens with two attached hydrogens (primary N) is 2. The molecule has 6 heteroatoms. The van der Waals surface area contributed by atoms with Crippen molar-refractivity contribution in [1.29, 1.82) is 5.26 Å². The first-order valence-electron chi connectivity index (χ1n) is 5.40. The topological polar surface area (TPSA) is 111 Å². The van der Waals surface area contributed by atoms with Crippen molar-refractivity contribution in [2.45, 2.75) is 33.2 Å². The number of aryl methyl sites for hydroxylation is 1. The van der Waals surface area contributed by atoms with Gasteiger partial charge >= 0.3 is 0 Å². The van der Waals surface area contributed by atoms with Crippen LogP contribution in [0.1, 0.15) is 37.2 Å². The van der Waals surface area contributed by atoms with E-state index in [4.69, 9.17) is 16.7 Å². The highest BCUT2D eigenvalue weighted by Crippen LogP contribution is 2.21. The van der Waals surface area contributed by atoms with Gasteiger partial charge in [0.05, 0.1) is 17.2 Å². The van der Waals surface area contributed by atoms with Gasteiger partial charge in [0.25, 0.3) is 5.91 Å². The van der Waals surface area contributed by atoms with Gasteiger partial charge in [0.15, 0.2) is 5.69 Å². The van der Waals surface area contributed by atoms with E-state index >= 15 is 0 Å². The van der Waals surface area contributed by atoms with Crippen LogP contribution in [0.3, 0.4) is 0 Å². The number of aromatic nitrogens is 2. The summed E-state index contributed by atoms with van der Waals surface area (Å²) in [6.45, 7) is 4.39. The van der Waals surface area contributed by atoms with E-state index in [9.17, 15) is 4.79 Å². The molecule has 0 spiro atoms. The molecule has 0 bridgehead atoms. The highest BCUT2D eigenvalue weighted by Gasteiger charge is 2.16. The number of rotatable bonds is 5. The van der Waals surface area contributed by atoms with E-state index in [0.29, 0.717) is 6.54 Å². The average molecular weight is 235 g/mol. The number of carbonyl (C=O) groups is 1. The monoisotopic (exact) mass is 235 g/mol. The lowest BCUT2D eigenvalue weighted by atomic mass is 9.90. The van der Waals surface area contributed by atoms with Gasteiger partial charge in [-0.15, -0.1) is 0 Å². The molecule has 0 aliphatic heterocycles. The number of anilines is 1. The number of nitrogen functional groups attached to an aromatic ring is 1. The van der Waals surface area contributed by atoms with Crippen LogP contribution in [-0.2, 0) is 6.54 Å². The Hall–Kier alpha value is -2.03. The molecular weight excluding hydrogens is 218 g/mol. The Bertz CT molecular complexity index is 455. The third-order valence-electron chi connectivity index (χ3n) is 2.52. The Kier molecular flexibility index (Phi) is 3.73. The summed E-state index contributed by atoms with van der Waals surface area (Å²) >= 11 is 0. The van der Waals surface area contributed by atoms with Crippen molar-refractivity contribution in [2.24, 2.45) is 11.1 Å². The summed E-state index contributed by atoms with van der Waals surface area (Å²) in [4.78, 5) is 10.9. The zero-order valence-corrected chi connectivity index (χ0v) is 10.1. The summed E-state index contributed by atoms with van der Waals surface area (Å²) in [5.74, 6) is -0.626. The van der Waals surface area contributed by atoms with Gasteiger partial charge in [0.2, 0.25) is 0 Å². The SMILES string of the molecule is CC(C)(C#N)CCCn1cc(N)c(C(N)=O)n1. The molecule has 1 rings (SSSR count). The van der Waals surface area contributed by atoms with Gasteiger partial charge in [-0.2, -0.15) is 10.4 Å². The fraction of sp³-hybridized carbons (Fsp3) is 0.545. The number of hydrogen-bond donors (Lipinski definition) is 2. The molecule has 1 heterocycles. The zero-order chi connectivity index (χ0) is 13.1. The van der Waals surface area contributed by atoms with Gasteiger partial charge in [-0.25, -0.2) is 0 Å². The molecule has 0 radical (unpaired) electrons. The van der Waals surface area contributed by atoms with Crippen molar-refractivity contribution in [3.63, 3.8) is 0 Å². The third-order valence-corrected chi connectivity index (χ3v) is 2.52. The summed E-state index contributed by atoms with van der Waals surface area (Å²) in [5.41, 5.74) is 10.7. The Morgan fingerprint density at radius 3 is 2.76 bits per heavy atom. The minimum Gasteiger partial charge on any atom is -0.396 e. The van der Waals surface area contributed by atoms with Crippen LogP contribution >= 0.6 is 0 Å². The Morgan fingerprint density at radius 2 is 2.29 bits per heavy atom. The molecule has 1 amide bonds. The Labute approximate surface area is 100 Å². The summed E-state index contributed by atoms with van der Waals surface area (Å²) in [5, 5.41) is 12.8. The molecule has 0 aliphatic rings. The molecule has 0 saturated heterocycles. The fourth-order valence-electron chi connectivity index (χ4n) is 1.48. The van der Waals surface area contributed by atoms with E-state index in [2.05, 4.69) is 11.2 Å². The average Bonchev–Trinajstić information content (AvgIpc) is 2.59. The van der Waals surface area contributed by atoms with Crippen LogP contribution in [0.15, 0.2) is 6.20 Å². The fourth-order valence-corrected chi connectivity index (χ4v) is 1.48. The van der Waals surface area contributed by atoms with Gasteiger partial charge in [-0.05, 0) is 26.7 Å². The lowest BCUT2D eigenvalue weighted by molar-refractivity contribution is 0.0995. The summed E-state index contributed by atoms with van der Waals surface area (Å²) < 4.78 is 1.59. The van der Waals surface area contributed by atoms with Gasteiger partial charge in [0, 0.05) is 12.7 Å². The van der Waals surface area contributed by atoms with Crippen LogP contribution in [-0.4, -0.2) is 15.7 Å². The maximum absolute atomic E-state index is 10.9. The van der Waals surface area contributed by atoms with E-state index < -0.39 is 5.91 Å². The third kappa shape index (κ3) is 3.48. The molecule has 0 saturated carbocycles. The van der Waals surface area contributed by atoms with Gasteiger partial charge < -0.3 is 11.5 Å². The molecule has 1 aromatic rings. The van der Waals surface area contributed by atoms with Crippen molar-refractivity contribution in [2.75, 3.05) is 5.73 Å². The van der Waals surface area contributed by atoms with Crippen LogP contribution in [0.2, 0.25) is 0 Å². The van der Waals surface area contributed by atoms with Crippen molar-refractivity contribution < 1.29 is 4.79 Å². The van der Waals surface area contributed by atoms with Gasteiger partial charge in [-0.1, -0.05) is 0 Å². The molecule has 0 fully saturated rings. The normalized spacial score (nSPS) is 11.1. The van der Waals surface area contributed by atoms with Crippen LogP contribution in [0.25, 0.3) is 0 Å². The van der Waals surface area contributed by atoms with Gasteiger partial charge in [-0.3, -0.25) is 9.48 Å². The number of primary amides is 1. The first-order valence-corrected chi connectivity index (χ1v) is 5.40. The van der Waals surface area contributed by atoms with Crippen molar-refractivity contribution in [3.05, 3.63) is 11.9 Å².